The fraction of sp³-hybridized carbons (Fsp3) is 0.136. The molecule has 3 heterocycles. The van der Waals surface area contributed by atoms with E-state index in [0.717, 1.165) is 18.0 Å². The second kappa shape index (κ2) is 8.95. The Morgan fingerprint density at radius 2 is 1.97 bits per heavy atom. The molecule has 4 aromatic rings. The molecule has 0 spiro atoms. The molecule has 3 aromatic heterocycles. The van der Waals surface area contributed by atoms with Crippen molar-refractivity contribution in [3.05, 3.63) is 76.3 Å². The van der Waals surface area contributed by atoms with E-state index in [0.29, 0.717) is 15.9 Å². The number of carbonyl (C=O) groups excluding carboxylic acids is 1. The largest absolute Gasteiger partial charge is 0.494 e. The van der Waals surface area contributed by atoms with Crippen molar-refractivity contribution in [1.29, 1.82) is 0 Å². The topological polar surface area (TPSA) is 79.9 Å². The summed E-state index contributed by atoms with van der Waals surface area (Å²) in [5.74, 6) is -0.200. The minimum atomic E-state index is -4.47. The Labute approximate surface area is 195 Å². The van der Waals surface area contributed by atoms with Gasteiger partial charge in [-0.25, -0.2) is 9.97 Å². The number of nitrogens with one attached hydrogen (secondary N) is 2. The highest BCUT2D eigenvalue weighted by Gasteiger charge is 2.32. The summed E-state index contributed by atoms with van der Waals surface area (Å²) in [5, 5.41) is 0.797. The first kappa shape index (κ1) is 22.9. The van der Waals surface area contributed by atoms with Crippen molar-refractivity contribution >= 4 is 46.1 Å². The maximum atomic E-state index is 13.5. The monoisotopic (exact) mass is 492 g/mol. The van der Waals surface area contributed by atoms with Crippen LogP contribution in [0.2, 0.25) is 5.02 Å². The van der Waals surface area contributed by atoms with Crippen LogP contribution in [0.15, 0.2) is 53.8 Å². The number of pyridine rings is 2. The molecule has 0 atom stereocenters. The summed E-state index contributed by atoms with van der Waals surface area (Å²) in [6, 6.07) is 7.16. The third-order valence-corrected chi connectivity index (χ3v) is 5.88. The molecule has 4 rings (SSSR count). The number of aromatic nitrogens is 3. The van der Waals surface area contributed by atoms with Crippen LogP contribution in [0.1, 0.15) is 27.2 Å². The van der Waals surface area contributed by atoms with Crippen LogP contribution in [0.3, 0.4) is 0 Å². The van der Waals surface area contributed by atoms with Gasteiger partial charge in [-0.15, -0.1) is 0 Å². The van der Waals surface area contributed by atoms with Gasteiger partial charge < -0.3 is 14.4 Å². The lowest BCUT2D eigenvalue weighted by Gasteiger charge is -2.14. The Kier molecular flexibility index (Phi) is 6.22. The number of rotatable bonds is 6. The molecule has 11 heteroatoms. The number of anilines is 1. The minimum absolute atomic E-state index is 0.0297. The summed E-state index contributed by atoms with van der Waals surface area (Å²) in [5.41, 5.74) is 0.410. The number of alkyl halides is 3. The number of methoxy groups -OCH3 is 1. The van der Waals surface area contributed by atoms with Crippen molar-refractivity contribution in [3.63, 3.8) is 0 Å². The molecule has 0 saturated carbocycles. The lowest BCUT2D eigenvalue weighted by molar-refractivity contribution is -0.138. The highest BCUT2D eigenvalue weighted by Crippen LogP contribution is 2.36. The predicted molar refractivity (Wildman–Crippen MR) is 121 cm³/mol. The zero-order chi connectivity index (χ0) is 23.8. The number of ether oxygens (including phenoxy) is 1. The maximum Gasteiger partial charge on any atom is 0.416 e. The van der Waals surface area contributed by atoms with Gasteiger partial charge in [0.15, 0.2) is 0 Å². The zero-order valence-electron chi connectivity index (χ0n) is 17.2. The van der Waals surface area contributed by atoms with Crippen LogP contribution in [-0.4, -0.2) is 27.8 Å². The summed E-state index contributed by atoms with van der Waals surface area (Å²) < 4.78 is 48.0. The van der Waals surface area contributed by atoms with Gasteiger partial charge in [-0.1, -0.05) is 17.7 Å². The van der Waals surface area contributed by atoms with Gasteiger partial charge in [-0.2, -0.15) is 13.2 Å². The van der Waals surface area contributed by atoms with Crippen LogP contribution in [-0.2, 0) is 6.18 Å². The zero-order valence-corrected chi connectivity index (χ0v) is 18.8. The van der Waals surface area contributed by atoms with E-state index in [1.807, 2.05) is 0 Å². The lowest BCUT2D eigenvalue weighted by Crippen LogP contribution is -2.10. The molecule has 0 amide bonds. The number of carbonyl (C=O) groups is 1. The van der Waals surface area contributed by atoms with E-state index in [2.05, 4.69) is 19.7 Å². The van der Waals surface area contributed by atoms with Gasteiger partial charge in [0.25, 0.3) is 0 Å². The van der Waals surface area contributed by atoms with Crippen LogP contribution in [0.25, 0.3) is 11.0 Å². The first-order chi connectivity index (χ1) is 15.7. The summed E-state index contributed by atoms with van der Waals surface area (Å²) in [6.07, 6.45) is -0.0813. The van der Waals surface area contributed by atoms with Crippen LogP contribution in [0.4, 0.5) is 18.9 Å². The lowest BCUT2D eigenvalue weighted by atomic mass is 10.0. The van der Waals surface area contributed by atoms with Crippen molar-refractivity contribution in [2.45, 2.75) is 18.0 Å². The average Bonchev–Trinajstić information content (AvgIpc) is 3.25. The summed E-state index contributed by atoms with van der Waals surface area (Å²) in [7, 11) is 1.42. The minimum Gasteiger partial charge on any atom is -0.494 e. The Balaban J connectivity index is 1.70. The van der Waals surface area contributed by atoms with Gasteiger partial charge in [-0.05, 0) is 48.7 Å². The molecule has 0 bridgehead atoms. The van der Waals surface area contributed by atoms with Gasteiger partial charge in [0, 0.05) is 22.7 Å². The van der Waals surface area contributed by atoms with E-state index >= 15 is 0 Å². The predicted octanol–water partition coefficient (Wildman–Crippen LogP) is 6.30. The Morgan fingerprint density at radius 3 is 2.70 bits per heavy atom. The molecule has 0 aliphatic heterocycles. The highest BCUT2D eigenvalue weighted by atomic mass is 35.5. The first-order valence-corrected chi connectivity index (χ1v) is 10.7. The van der Waals surface area contributed by atoms with Crippen molar-refractivity contribution in [2.24, 2.45) is 0 Å². The Morgan fingerprint density at radius 1 is 1.18 bits per heavy atom. The fourth-order valence-electron chi connectivity index (χ4n) is 3.28. The standard InChI is InChI=1S/C22H16ClF3N4O2S/c1-11-3-4-13(8-15(11)22(24,25)26)33-30-16-7-12(23)9-28-19(16)20(31)18-14-5-6-27-21(14)29-10-17(18)32-2/h3-10,30H,1-2H3,(H,27,29). The average molecular weight is 493 g/mol. The number of hydrogen-bond acceptors (Lipinski definition) is 6. The van der Waals surface area contributed by atoms with Gasteiger partial charge in [0.1, 0.15) is 17.1 Å². The second-order valence-corrected chi connectivity index (χ2v) is 8.32. The molecule has 0 aliphatic rings. The SMILES string of the molecule is COc1cnc2[nH]ccc2c1C(=O)c1ncc(Cl)cc1NSc1ccc(C)c(C(F)(F)F)c1. The fourth-order valence-corrected chi connectivity index (χ4v) is 4.13. The molecular formula is C22H16ClF3N4O2S. The van der Waals surface area contributed by atoms with E-state index in [1.165, 1.54) is 38.6 Å². The summed E-state index contributed by atoms with van der Waals surface area (Å²) in [4.78, 5) is 25.1. The van der Waals surface area contributed by atoms with Gasteiger partial charge in [-0.3, -0.25) is 4.79 Å². The van der Waals surface area contributed by atoms with Gasteiger partial charge >= 0.3 is 6.18 Å². The van der Waals surface area contributed by atoms with Gasteiger partial charge in [0.05, 0.1) is 35.1 Å². The second-order valence-electron chi connectivity index (χ2n) is 7.00. The molecule has 2 N–H and O–H groups in total. The molecule has 6 nitrogen and oxygen atoms in total. The number of aryl methyl sites for hydroxylation is 1. The van der Waals surface area contributed by atoms with E-state index < -0.39 is 17.5 Å². The number of fused-ring (bicyclic) bond motifs is 1. The molecule has 0 radical (unpaired) electrons. The Bertz CT molecular complexity index is 1360. The van der Waals surface area contributed by atoms with Crippen molar-refractivity contribution < 1.29 is 22.7 Å². The Hall–Kier alpha value is -3.24. The highest BCUT2D eigenvalue weighted by molar-refractivity contribution is 8.00. The van der Waals surface area contributed by atoms with E-state index in [4.69, 9.17) is 16.3 Å². The quantitative estimate of drug-likeness (QED) is 0.243. The number of halogens is 4. The van der Waals surface area contributed by atoms with E-state index in [-0.39, 0.29) is 33.3 Å². The molecule has 0 saturated heterocycles. The molecule has 1 aromatic carbocycles. The first-order valence-electron chi connectivity index (χ1n) is 9.50. The van der Waals surface area contributed by atoms with E-state index in [1.54, 1.807) is 18.3 Å². The molecule has 0 aliphatic carbocycles. The molecular weight excluding hydrogens is 477 g/mol. The smallest absolute Gasteiger partial charge is 0.416 e. The van der Waals surface area contributed by atoms with Crippen LogP contribution in [0, 0.1) is 6.92 Å². The van der Waals surface area contributed by atoms with Crippen molar-refractivity contribution in [2.75, 3.05) is 11.8 Å². The molecule has 33 heavy (non-hydrogen) atoms. The van der Waals surface area contributed by atoms with E-state index in [9.17, 15) is 18.0 Å². The van der Waals surface area contributed by atoms with Gasteiger partial charge in [0.2, 0.25) is 5.78 Å². The number of H-pyrrole nitrogens is 1. The number of hydrogen-bond donors (Lipinski definition) is 2. The molecule has 0 unspecified atom stereocenters. The number of benzene rings is 1. The number of aromatic amines is 1. The summed E-state index contributed by atoms with van der Waals surface area (Å²) in [6.45, 7) is 1.40. The van der Waals surface area contributed by atoms with Crippen LogP contribution >= 0.6 is 23.5 Å². The van der Waals surface area contributed by atoms with Crippen molar-refractivity contribution in [1.82, 2.24) is 15.0 Å². The number of ketones is 1. The van der Waals surface area contributed by atoms with Crippen LogP contribution < -0.4 is 9.46 Å². The third kappa shape index (κ3) is 4.62. The van der Waals surface area contributed by atoms with Crippen LogP contribution in [0.5, 0.6) is 5.75 Å². The number of nitrogens with zero attached hydrogens (tertiary/aromatic N) is 2. The third-order valence-electron chi connectivity index (χ3n) is 4.86. The normalized spacial score (nSPS) is 11.6. The summed E-state index contributed by atoms with van der Waals surface area (Å²) >= 11 is 6.99. The molecule has 0 fully saturated rings. The maximum absolute atomic E-state index is 13.5. The molecule has 170 valence electrons. The van der Waals surface area contributed by atoms with Crippen molar-refractivity contribution in [3.8, 4) is 5.75 Å².